The van der Waals surface area contributed by atoms with Crippen LogP contribution in [0.1, 0.15) is 31.4 Å². The lowest BCUT2D eigenvalue weighted by atomic mass is 9.90. The average molecular weight is 975 g/mol. The normalized spacial score (nSPS) is 11.8. The van der Waals surface area contributed by atoms with Crippen LogP contribution in [0.25, 0.3) is 22.9 Å². The first-order valence-electron chi connectivity index (χ1n) is 20.2. The van der Waals surface area contributed by atoms with Crippen LogP contribution >= 0.6 is 0 Å². The molecule has 14 nitrogen and oxygen atoms in total. The molecule has 1 amide bonds. The summed E-state index contributed by atoms with van der Waals surface area (Å²) >= 11 is 0. The lowest BCUT2D eigenvalue weighted by Gasteiger charge is -2.22. The molecule has 0 heterocycles. The third-order valence-electron chi connectivity index (χ3n) is 9.99. The summed E-state index contributed by atoms with van der Waals surface area (Å²) in [6.45, 7) is 11.3. The van der Waals surface area contributed by atoms with Crippen LogP contribution in [0, 0.1) is 23.3 Å². The lowest BCUT2D eigenvalue weighted by molar-refractivity contribution is -0.137. The Bertz CT molecular complexity index is 3050. The molecule has 21 heteroatoms. The van der Waals surface area contributed by atoms with Gasteiger partial charge in [-0.25, -0.2) is 52.4 Å². The summed E-state index contributed by atoms with van der Waals surface area (Å²) in [4.78, 5) is 20.4. The van der Waals surface area contributed by atoms with E-state index in [4.69, 9.17) is 0 Å². The van der Waals surface area contributed by atoms with E-state index >= 15 is 17.6 Å². The van der Waals surface area contributed by atoms with Crippen LogP contribution in [-0.2, 0) is 44.2 Å². The largest absolute Gasteiger partial charge is 0.461 e. The van der Waals surface area contributed by atoms with E-state index in [2.05, 4.69) is 76.3 Å². The zero-order valence-corrected chi connectivity index (χ0v) is 38.2. The molecule has 0 spiro atoms. The molecule has 0 aliphatic heterocycles. The third kappa shape index (κ3) is 12.1. The first-order valence-corrected chi connectivity index (χ1v) is 25.0. The Morgan fingerprint density at radius 3 is 1.92 bits per heavy atom. The Kier molecular flexibility index (Phi) is 16.7. The molecule has 0 aliphatic carbocycles. The van der Waals surface area contributed by atoms with Crippen molar-refractivity contribution in [2.75, 3.05) is 61.1 Å². The highest BCUT2D eigenvalue weighted by atomic mass is 32.3. The van der Waals surface area contributed by atoms with Gasteiger partial charge < -0.3 is 25.0 Å². The van der Waals surface area contributed by atoms with Crippen molar-refractivity contribution in [3.8, 4) is 0 Å². The van der Waals surface area contributed by atoms with Gasteiger partial charge in [-0.2, -0.15) is 0 Å². The lowest BCUT2D eigenvalue weighted by Crippen LogP contribution is -2.35. The molecule has 0 aromatic heterocycles. The van der Waals surface area contributed by atoms with Gasteiger partial charge in [0.05, 0.1) is 18.1 Å². The van der Waals surface area contributed by atoms with E-state index in [1.807, 2.05) is 60.7 Å². The molecule has 5 rings (SSSR count). The van der Waals surface area contributed by atoms with Gasteiger partial charge in [0.2, 0.25) is 10.0 Å². The van der Waals surface area contributed by atoms with Gasteiger partial charge in [0.15, 0.2) is 38.0 Å². The molecule has 5 aromatic carbocycles. The number of carbonyl (C=O) groups excluding carboxylic acids is 2. The number of rotatable bonds is 21. The number of sulfonamides is 2. The predicted molar refractivity (Wildman–Crippen MR) is 243 cm³/mol. The SMILES string of the molecule is C=CC(=O)OCCNC(=O)OCCS(=O)(=O)c1c(F)c(F)c(S(=O)(=O)NS(=O)(=O)CCCNc2ccc(C(c3ccc(N(CC)CC)cc3)=c3ccc(=C)cc3)c3ccccc23)c(F)c1F. The van der Waals surface area contributed by atoms with E-state index < -0.39 is 93.1 Å². The fourth-order valence-electron chi connectivity index (χ4n) is 6.84. The quantitative estimate of drug-likeness (QED) is 0.0285. The summed E-state index contributed by atoms with van der Waals surface area (Å²) in [6.07, 6.45) is -0.689. The minimum absolute atomic E-state index is 0.0618. The Balaban J connectivity index is 1.29. The zero-order valence-electron chi connectivity index (χ0n) is 35.7. The number of fused-ring (bicyclic) bond motifs is 1. The topological polar surface area (TPSA) is 194 Å². The Labute approximate surface area is 379 Å². The number of anilines is 2. The van der Waals surface area contributed by atoms with Gasteiger partial charge in [0.1, 0.15) is 18.1 Å². The smallest absolute Gasteiger partial charge is 0.407 e. The van der Waals surface area contributed by atoms with Crippen molar-refractivity contribution in [2.45, 2.75) is 30.1 Å². The Hall–Kier alpha value is -6.29. The molecular weight excluding hydrogens is 929 g/mol. The van der Waals surface area contributed by atoms with Gasteiger partial charge in [-0.3, -0.25) is 0 Å². The number of amides is 1. The number of nitrogens with zero attached hydrogens (tertiary/aromatic N) is 1. The van der Waals surface area contributed by atoms with Crippen LogP contribution in [0.3, 0.4) is 0 Å². The number of carbonyl (C=O) groups is 2. The molecule has 0 saturated carbocycles. The van der Waals surface area contributed by atoms with Gasteiger partial charge in [-0.1, -0.05) is 79.9 Å². The molecule has 0 saturated heterocycles. The molecule has 3 N–H and O–H groups in total. The van der Waals surface area contributed by atoms with Gasteiger partial charge in [-0.15, -0.1) is 4.13 Å². The van der Waals surface area contributed by atoms with Crippen LogP contribution in [0.5, 0.6) is 0 Å². The number of sulfone groups is 1. The highest BCUT2D eigenvalue weighted by Crippen LogP contribution is 2.34. The molecule has 0 fully saturated rings. The maximum atomic E-state index is 15.2. The number of halogens is 4. The van der Waals surface area contributed by atoms with Crippen LogP contribution in [-0.4, -0.2) is 88.2 Å². The van der Waals surface area contributed by atoms with Crippen LogP contribution in [0.4, 0.5) is 33.7 Å². The summed E-state index contributed by atoms with van der Waals surface area (Å²) in [7, 11) is -16.3. The molecule has 5 aromatic rings. The summed E-state index contributed by atoms with van der Waals surface area (Å²) in [5.41, 5.74) is 4.48. The maximum Gasteiger partial charge on any atom is 0.407 e. The van der Waals surface area contributed by atoms with Crippen molar-refractivity contribution in [3.05, 3.63) is 142 Å². The minimum atomic E-state index is -5.93. The van der Waals surface area contributed by atoms with Crippen LogP contribution < -0.4 is 30.1 Å². The van der Waals surface area contributed by atoms with Crippen LogP contribution in [0.2, 0.25) is 0 Å². The Morgan fingerprint density at radius 1 is 0.712 bits per heavy atom. The zero-order chi connectivity index (χ0) is 48.4. The van der Waals surface area contributed by atoms with E-state index in [1.54, 1.807) is 0 Å². The highest BCUT2D eigenvalue weighted by molar-refractivity contribution is 8.04. The number of benzene rings is 5. The summed E-state index contributed by atoms with van der Waals surface area (Å²) in [5.74, 6) is -14.0. The maximum absolute atomic E-state index is 15.2. The van der Waals surface area contributed by atoms with Crippen molar-refractivity contribution in [2.24, 2.45) is 0 Å². The molecule has 66 heavy (non-hydrogen) atoms. The van der Waals surface area contributed by atoms with Crippen molar-refractivity contribution >= 4 is 76.2 Å². The monoisotopic (exact) mass is 974 g/mol. The van der Waals surface area contributed by atoms with Gasteiger partial charge in [-0.05, 0) is 71.0 Å². The number of esters is 1. The van der Waals surface area contributed by atoms with Crippen molar-refractivity contribution < 1.29 is 61.9 Å². The molecule has 0 atom stereocenters. The minimum Gasteiger partial charge on any atom is -0.461 e. The molecule has 0 aliphatic rings. The molecule has 352 valence electrons. The number of hydrogen-bond donors (Lipinski definition) is 3. The molecule has 0 radical (unpaired) electrons. The van der Waals surface area contributed by atoms with E-state index in [1.165, 1.54) is 0 Å². The summed E-state index contributed by atoms with van der Waals surface area (Å²) in [5, 5.41) is 8.60. The molecule has 0 bridgehead atoms. The number of alkyl carbamates (subject to hydrolysis) is 1. The van der Waals surface area contributed by atoms with E-state index in [-0.39, 0.29) is 26.1 Å². The fourth-order valence-corrected chi connectivity index (χ4v) is 11.3. The van der Waals surface area contributed by atoms with Gasteiger partial charge in [0.25, 0.3) is 10.0 Å². The number of hydrogen-bond acceptors (Lipinski definition) is 12. The first-order chi connectivity index (χ1) is 31.2. The first kappa shape index (κ1) is 50.7. The van der Waals surface area contributed by atoms with E-state index in [0.717, 1.165) is 66.9 Å². The second-order valence-electron chi connectivity index (χ2n) is 14.4. The second kappa shape index (κ2) is 21.8. The fraction of sp³-hybridized carbons (Fsp3) is 0.244. The summed E-state index contributed by atoms with van der Waals surface area (Å²) in [6, 6.07) is 27.3. The van der Waals surface area contributed by atoms with E-state index in [9.17, 15) is 34.8 Å². The predicted octanol–water partition coefficient (Wildman–Crippen LogP) is 5.24. The van der Waals surface area contributed by atoms with Crippen molar-refractivity contribution in [1.82, 2.24) is 9.44 Å². The Morgan fingerprint density at radius 2 is 1.32 bits per heavy atom. The van der Waals surface area contributed by atoms with E-state index in [0.29, 0.717) is 5.69 Å². The van der Waals surface area contributed by atoms with Crippen LogP contribution in [0.15, 0.2) is 107 Å². The third-order valence-corrected chi connectivity index (χ3v) is 15.3. The average Bonchev–Trinajstić information content (AvgIpc) is 3.27. The standard InChI is InChI=1S/C45H46F4N4O10S3/c1-5-37(54)62-25-24-51-45(55)63-26-28-64(56,57)43-39(46)41(48)44(42(49)40(43)47)66(60,61)52-65(58,59)27-10-23-50-36-22-21-35(33-11-8-9-12-34(33)36)38(30-15-13-29(4)14-16-30)31-17-19-32(20-18-31)53(6-2)7-3/h5,8-9,11-22,50,52H,1,4,6-7,10,23-28H2,2-3H3,(H,51,55). The van der Waals surface area contributed by atoms with Gasteiger partial charge >= 0.3 is 12.1 Å². The van der Waals surface area contributed by atoms with Crippen molar-refractivity contribution in [1.29, 1.82) is 0 Å². The summed E-state index contributed by atoms with van der Waals surface area (Å²) < 4.78 is 148. The highest BCUT2D eigenvalue weighted by Gasteiger charge is 2.39. The van der Waals surface area contributed by atoms with Gasteiger partial charge in [0, 0.05) is 42.5 Å². The number of nitrogens with one attached hydrogen (secondary N) is 3. The number of ether oxygens (including phenoxy) is 2. The van der Waals surface area contributed by atoms with Crippen molar-refractivity contribution in [3.63, 3.8) is 0 Å². The molecule has 0 unspecified atom stereocenters. The molecular formula is C45H46F4N4O10S3. The second-order valence-corrected chi connectivity index (χ2v) is 20.1.